The van der Waals surface area contributed by atoms with Crippen molar-refractivity contribution < 1.29 is 19.7 Å². The zero-order chi connectivity index (χ0) is 12.9. The molecule has 0 unspecified atom stereocenters. The first-order valence-corrected chi connectivity index (χ1v) is 5.18. The molecule has 0 fully saturated rings. The van der Waals surface area contributed by atoms with Crippen LogP contribution < -0.4 is 5.63 Å². The fourth-order valence-corrected chi connectivity index (χ4v) is 2.01. The number of aromatic hydroxyl groups is 3. The monoisotopic (exact) mass is 244 g/mol. The minimum atomic E-state index is -0.722. The summed E-state index contributed by atoms with van der Waals surface area (Å²) in [5, 5.41) is 29.4. The van der Waals surface area contributed by atoms with E-state index in [1.807, 2.05) is 0 Å². The van der Waals surface area contributed by atoms with Crippen LogP contribution in [0.2, 0.25) is 0 Å². The molecule has 5 nitrogen and oxygen atoms in total. The van der Waals surface area contributed by atoms with E-state index in [1.54, 1.807) is 6.07 Å². The fourth-order valence-electron chi connectivity index (χ4n) is 2.01. The standard InChI is InChI=1S/C13H8O5/c14-6-1-2-8-9-3-7(15)4-10(16)12(9)13(17)18-11(8)5-6/h1-5,14-16H. The third-order valence-electron chi connectivity index (χ3n) is 2.76. The highest BCUT2D eigenvalue weighted by Crippen LogP contribution is 2.33. The van der Waals surface area contributed by atoms with E-state index in [1.165, 1.54) is 18.2 Å². The Hall–Kier alpha value is -2.69. The second-order valence-corrected chi connectivity index (χ2v) is 3.96. The van der Waals surface area contributed by atoms with Crippen molar-refractivity contribution in [2.75, 3.05) is 0 Å². The molecule has 90 valence electrons. The van der Waals surface area contributed by atoms with Crippen molar-refractivity contribution in [1.29, 1.82) is 0 Å². The summed E-state index contributed by atoms with van der Waals surface area (Å²) in [5.74, 6) is -0.525. The average Bonchev–Trinajstić information content (AvgIpc) is 2.27. The number of phenols is 3. The lowest BCUT2D eigenvalue weighted by atomic mass is 10.1. The number of hydrogen-bond acceptors (Lipinski definition) is 5. The maximum Gasteiger partial charge on any atom is 0.347 e. The van der Waals surface area contributed by atoms with Crippen molar-refractivity contribution in [3.8, 4) is 17.2 Å². The molecule has 0 aliphatic heterocycles. The van der Waals surface area contributed by atoms with Gasteiger partial charge in [-0.1, -0.05) is 0 Å². The zero-order valence-corrected chi connectivity index (χ0v) is 9.04. The van der Waals surface area contributed by atoms with Crippen LogP contribution in [0.4, 0.5) is 0 Å². The zero-order valence-electron chi connectivity index (χ0n) is 9.04. The largest absolute Gasteiger partial charge is 0.508 e. The molecule has 0 aliphatic rings. The Morgan fingerprint density at radius 3 is 2.44 bits per heavy atom. The number of benzene rings is 2. The molecule has 0 saturated heterocycles. The third-order valence-corrected chi connectivity index (χ3v) is 2.76. The van der Waals surface area contributed by atoms with Crippen LogP contribution in [-0.4, -0.2) is 15.3 Å². The van der Waals surface area contributed by atoms with E-state index in [-0.39, 0.29) is 28.2 Å². The molecule has 3 aromatic rings. The third kappa shape index (κ3) is 1.37. The van der Waals surface area contributed by atoms with Gasteiger partial charge >= 0.3 is 5.63 Å². The van der Waals surface area contributed by atoms with Gasteiger partial charge in [-0.15, -0.1) is 0 Å². The molecule has 3 rings (SSSR count). The molecule has 18 heavy (non-hydrogen) atoms. The summed E-state index contributed by atoms with van der Waals surface area (Å²) in [7, 11) is 0. The first-order chi connectivity index (χ1) is 8.56. The quantitative estimate of drug-likeness (QED) is 0.416. The van der Waals surface area contributed by atoms with Crippen molar-refractivity contribution in [2.45, 2.75) is 0 Å². The molecule has 1 aromatic heterocycles. The van der Waals surface area contributed by atoms with Gasteiger partial charge in [-0.2, -0.15) is 0 Å². The van der Waals surface area contributed by atoms with Gasteiger partial charge in [0.1, 0.15) is 28.2 Å². The van der Waals surface area contributed by atoms with Crippen LogP contribution in [0, 0.1) is 0 Å². The van der Waals surface area contributed by atoms with Gasteiger partial charge in [-0.3, -0.25) is 0 Å². The van der Waals surface area contributed by atoms with Crippen LogP contribution in [-0.2, 0) is 0 Å². The number of fused-ring (bicyclic) bond motifs is 3. The van der Waals surface area contributed by atoms with E-state index in [2.05, 4.69) is 0 Å². The Balaban J connectivity index is 2.65. The van der Waals surface area contributed by atoms with Crippen LogP contribution >= 0.6 is 0 Å². The molecule has 0 radical (unpaired) electrons. The first-order valence-electron chi connectivity index (χ1n) is 5.18. The summed E-state index contributed by atoms with van der Waals surface area (Å²) >= 11 is 0. The van der Waals surface area contributed by atoms with Crippen LogP contribution in [0.1, 0.15) is 0 Å². The molecular formula is C13H8O5. The Kier molecular flexibility index (Phi) is 1.98. The molecule has 0 aliphatic carbocycles. The summed E-state index contributed by atoms with van der Waals surface area (Å²) in [6.07, 6.45) is 0. The van der Waals surface area contributed by atoms with E-state index in [0.717, 1.165) is 6.07 Å². The number of rotatable bonds is 0. The number of phenolic OH excluding ortho intramolecular Hbond substituents is 3. The van der Waals surface area contributed by atoms with Crippen molar-refractivity contribution in [1.82, 2.24) is 0 Å². The summed E-state index contributed by atoms with van der Waals surface area (Å²) in [4.78, 5) is 11.7. The second kappa shape index (κ2) is 3.40. The minimum absolute atomic E-state index is 0.00555. The molecule has 0 saturated carbocycles. The van der Waals surface area contributed by atoms with E-state index < -0.39 is 5.63 Å². The van der Waals surface area contributed by atoms with Gasteiger partial charge in [0.15, 0.2) is 0 Å². The highest BCUT2D eigenvalue weighted by atomic mass is 16.4. The van der Waals surface area contributed by atoms with Crippen LogP contribution in [0.15, 0.2) is 39.5 Å². The summed E-state index contributed by atoms with van der Waals surface area (Å²) in [6, 6.07) is 6.73. The maximum absolute atomic E-state index is 11.7. The molecule has 5 heteroatoms. The van der Waals surface area contributed by atoms with Gasteiger partial charge < -0.3 is 19.7 Å². The van der Waals surface area contributed by atoms with Crippen LogP contribution in [0.3, 0.4) is 0 Å². The van der Waals surface area contributed by atoms with Gasteiger partial charge in [0, 0.05) is 22.9 Å². The highest BCUT2D eigenvalue weighted by Gasteiger charge is 2.12. The molecule has 3 N–H and O–H groups in total. The summed E-state index contributed by atoms with van der Waals surface area (Å²) < 4.78 is 5.02. The summed E-state index contributed by atoms with van der Waals surface area (Å²) in [5.41, 5.74) is -0.530. The van der Waals surface area contributed by atoms with E-state index in [4.69, 9.17) is 4.42 Å². The lowest BCUT2D eigenvalue weighted by molar-refractivity contribution is 0.453. The Morgan fingerprint density at radius 1 is 0.889 bits per heavy atom. The minimum Gasteiger partial charge on any atom is -0.508 e. The predicted octanol–water partition coefficient (Wildman–Crippen LogP) is 2.06. The average molecular weight is 244 g/mol. The Labute approximate surface area is 100 Å². The maximum atomic E-state index is 11.7. The van der Waals surface area contributed by atoms with E-state index >= 15 is 0 Å². The van der Waals surface area contributed by atoms with Gasteiger partial charge in [0.05, 0.1) is 0 Å². The van der Waals surface area contributed by atoms with Crippen LogP contribution in [0.25, 0.3) is 21.7 Å². The van der Waals surface area contributed by atoms with Crippen molar-refractivity contribution in [3.63, 3.8) is 0 Å². The molecule has 0 amide bonds. The molecule has 1 heterocycles. The molecule has 2 aromatic carbocycles. The normalized spacial score (nSPS) is 11.1. The van der Waals surface area contributed by atoms with Gasteiger partial charge in [-0.05, 0) is 18.2 Å². The molecule has 0 bridgehead atoms. The number of hydrogen-bond donors (Lipinski definition) is 3. The van der Waals surface area contributed by atoms with Gasteiger partial charge in [0.2, 0.25) is 0 Å². The lowest BCUT2D eigenvalue weighted by Gasteiger charge is -2.05. The molecule has 0 spiro atoms. The predicted molar refractivity (Wildman–Crippen MR) is 65.0 cm³/mol. The smallest absolute Gasteiger partial charge is 0.347 e. The first kappa shape index (κ1) is 10.5. The Bertz CT molecular complexity index is 832. The second-order valence-electron chi connectivity index (χ2n) is 3.96. The summed E-state index contributed by atoms with van der Waals surface area (Å²) in [6.45, 7) is 0. The fraction of sp³-hybridized carbons (Fsp3) is 0. The SMILES string of the molecule is O=c1oc2cc(O)ccc2c2cc(O)cc(O)c12. The molecular weight excluding hydrogens is 236 g/mol. The Morgan fingerprint density at radius 2 is 1.67 bits per heavy atom. The van der Waals surface area contributed by atoms with E-state index in [9.17, 15) is 20.1 Å². The van der Waals surface area contributed by atoms with Crippen molar-refractivity contribution >= 4 is 21.7 Å². The van der Waals surface area contributed by atoms with E-state index in [0.29, 0.717) is 10.8 Å². The van der Waals surface area contributed by atoms with Crippen molar-refractivity contribution in [3.05, 3.63) is 40.8 Å². The van der Waals surface area contributed by atoms with Crippen molar-refractivity contribution in [2.24, 2.45) is 0 Å². The lowest BCUT2D eigenvalue weighted by Crippen LogP contribution is -2.00. The van der Waals surface area contributed by atoms with Gasteiger partial charge in [-0.25, -0.2) is 4.79 Å². The van der Waals surface area contributed by atoms with Crippen LogP contribution in [0.5, 0.6) is 17.2 Å². The molecule has 0 atom stereocenters. The highest BCUT2D eigenvalue weighted by molar-refractivity contribution is 6.07. The topological polar surface area (TPSA) is 90.9 Å². The van der Waals surface area contributed by atoms with Gasteiger partial charge in [0.25, 0.3) is 0 Å².